The molecule has 0 bridgehead atoms. The van der Waals surface area contributed by atoms with E-state index in [1.54, 1.807) is 18.2 Å². The minimum Gasteiger partial charge on any atom is -0.355 e. The fourth-order valence-corrected chi connectivity index (χ4v) is 3.24. The van der Waals surface area contributed by atoms with Crippen LogP contribution in [0.3, 0.4) is 0 Å². The number of hydrogen-bond acceptors (Lipinski definition) is 3. The van der Waals surface area contributed by atoms with Gasteiger partial charge in [-0.1, -0.05) is 53.5 Å². The Bertz CT molecular complexity index is 848. The molecule has 0 saturated heterocycles. The van der Waals surface area contributed by atoms with Gasteiger partial charge in [-0.2, -0.15) is 8.42 Å². The fraction of sp³-hybridized carbons (Fsp3) is 0.235. The summed E-state index contributed by atoms with van der Waals surface area (Å²) in [6.45, 7) is -0.143. The number of nitrogens with one attached hydrogen (secondary N) is 1. The van der Waals surface area contributed by atoms with Crippen LogP contribution in [0, 0.1) is 0 Å². The molecule has 0 aliphatic rings. The Kier molecular flexibility index (Phi) is 6.84. The zero-order valence-corrected chi connectivity index (χ0v) is 15.5. The van der Waals surface area contributed by atoms with Gasteiger partial charge in [-0.15, -0.1) is 0 Å². The number of hydrogen-bond donors (Lipinski definition) is 2. The third-order valence-corrected chi connectivity index (χ3v) is 5.01. The second kappa shape index (κ2) is 8.67. The van der Waals surface area contributed by atoms with E-state index in [1.807, 2.05) is 24.3 Å². The van der Waals surface area contributed by atoms with Crippen molar-refractivity contribution in [1.29, 1.82) is 0 Å². The molecule has 0 heterocycles. The van der Waals surface area contributed by atoms with Crippen LogP contribution in [0.1, 0.15) is 16.7 Å². The second-order valence-corrected chi connectivity index (χ2v) is 7.84. The van der Waals surface area contributed by atoms with Crippen LogP contribution in [0.4, 0.5) is 0 Å². The zero-order chi connectivity index (χ0) is 18.4. The maximum Gasteiger partial charge on any atom is 0.266 e. The number of amides is 1. The fourth-order valence-electron chi connectivity index (χ4n) is 2.35. The molecule has 2 aromatic carbocycles. The molecule has 8 heteroatoms. The van der Waals surface area contributed by atoms with E-state index < -0.39 is 15.9 Å². The van der Waals surface area contributed by atoms with E-state index in [1.165, 1.54) is 0 Å². The molecule has 25 heavy (non-hydrogen) atoms. The van der Waals surface area contributed by atoms with Crippen LogP contribution in [-0.2, 0) is 27.8 Å². The minimum absolute atomic E-state index is 0.0870. The van der Waals surface area contributed by atoms with Crippen molar-refractivity contribution in [2.75, 3.05) is 12.3 Å². The first-order valence-corrected chi connectivity index (χ1v) is 9.84. The van der Waals surface area contributed by atoms with Crippen LogP contribution in [0.5, 0.6) is 0 Å². The monoisotopic (exact) mass is 401 g/mol. The SMILES string of the molecule is O=C(Cc1ccccc1Cc1c(Cl)cccc1Cl)NCCS(=O)(=O)O. The van der Waals surface area contributed by atoms with Crippen LogP contribution in [0.15, 0.2) is 42.5 Å². The number of carbonyl (C=O) groups excluding carboxylic acids is 1. The molecule has 134 valence electrons. The van der Waals surface area contributed by atoms with E-state index in [2.05, 4.69) is 5.32 Å². The summed E-state index contributed by atoms with van der Waals surface area (Å²) < 4.78 is 30.0. The van der Waals surface area contributed by atoms with Gasteiger partial charge in [0, 0.05) is 23.0 Å². The first-order valence-electron chi connectivity index (χ1n) is 7.48. The lowest BCUT2D eigenvalue weighted by Gasteiger charge is -2.12. The van der Waals surface area contributed by atoms with Crippen LogP contribution >= 0.6 is 23.2 Å². The zero-order valence-electron chi connectivity index (χ0n) is 13.2. The summed E-state index contributed by atoms with van der Waals surface area (Å²) in [5, 5.41) is 3.58. The molecule has 0 aliphatic carbocycles. The molecule has 2 N–H and O–H groups in total. The Balaban J connectivity index is 2.09. The van der Waals surface area contributed by atoms with Crippen molar-refractivity contribution in [3.05, 3.63) is 69.2 Å². The van der Waals surface area contributed by atoms with E-state index >= 15 is 0 Å². The highest BCUT2D eigenvalue weighted by Crippen LogP contribution is 2.28. The lowest BCUT2D eigenvalue weighted by atomic mass is 9.97. The first kappa shape index (κ1) is 19.7. The Morgan fingerprint density at radius 3 is 2.20 bits per heavy atom. The summed E-state index contributed by atoms with van der Waals surface area (Å²) in [6.07, 6.45) is 0.566. The molecular weight excluding hydrogens is 385 g/mol. The molecule has 0 aliphatic heterocycles. The summed E-state index contributed by atoms with van der Waals surface area (Å²) in [4.78, 5) is 12.0. The van der Waals surface area contributed by atoms with Crippen molar-refractivity contribution in [3.8, 4) is 0 Å². The van der Waals surface area contributed by atoms with Gasteiger partial charge in [-0.3, -0.25) is 9.35 Å². The standard InChI is InChI=1S/C17H17Cl2NO4S/c18-15-6-3-7-16(19)14(15)10-12-4-1-2-5-13(12)11-17(21)20-8-9-25(22,23)24/h1-7H,8-11H2,(H,20,21)(H,22,23,24). The third-order valence-electron chi connectivity index (χ3n) is 3.58. The minimum atomic E-state index is -4.10. The molecule has 2 aromatic rings. The number of halogens is 2. The van der Waals surface area contributed by atoms with E-state index in [-0.39, 0.29) is 18.9 Å². The molecule has 0 spiro atoms. The molecule has 0 saturated carbocycles. The predicted octanol–water partition coefficient (Wildman–Crippen LogP) is 3.13. The number of rotatable bonds is 7. The first-order chi connectivity index (χ1) is 11.8. The maximum absolute atomic E-state index is 12.0. The van der Waals surface area contributed by atoms with Crippen molar-refractivity contribution in [2.45, 2.75) is 12.8 Å². The lowest BCUT2D eigenvalue weighted by Crippen LogP contribution is -2.30. The normalized spacial score (nSPS) is 11.3. The van der Waals surface area contributed by atoms with Crippen molar-refractivity contribution in [1.82, 2.24) is 5.32 Å². The molecule has 0 atom stereocenters. The van der Waals surface area contributed by atoms with Crippen LogP contribution in [0.25, 0.3) is 0 Å². The van der Waals surface area contributed by atoms with Gasteiger partial charge in [0.05, 0.1) is 12.2 Å². The summed E-state index contributed by atoms with van der Waals surface area (Å²) in [5.41, 5.74) is 2.48. The largest absolute Gasteiger partial charge is 0.355 e. The molecule has 5 nitrogen and oxygen atoms in total. The summed E-state index contributed by atoms with van der Waals surface area (Å²) >= 11 is 12.4. The molecule has 0 unspecified atom stereocenters. The van der Waals surface area contributed by atoms with Crippen molar-refractivity contribution in [2.24, 2.45) is 0 Å². The molecule has 1 amide bonds. The quantitative estimate of drug-likeness (QED) is 0.697. The average Bonchev–Trinajstić information content (AvgIpc) is 2.51. The van der Waals surface area contributed by atoms with Gasteiger partial charge in [0.1, 0.15) is 0 Å². The van der Waals surface area contributed by atoms with Crippen LogP contribution in [-0.4, -0.2) is 31.2 Å². The summed E-state index contributed by atoms with van der Waals surface area (Å²) in [6, 6.07) is 12.7. The highest BCUT2D eigenvalue weighted by Gasteiger charge is 2.12. The van der Waals surface area contributed by atoms with E-state index in [4.69, 9.17) is 27.8 Å². The topological polar surface area (TPSA) is 83.5 Å². The van der Waals surface area contributed by atoms with Crippen LogP contribution in [0.2, 0.25) is 10.0 Å². The van der Waals surface area contributed by atoms with Crippen molar-refractivity contribution >= 4 is 39.2 Å². The summed E-state index contributed by atoms with van der Waals surface area (Å²) in [7, 11) is -4.10. The lowest BCUT2D eigenvalue weighted by molar-refractivity contribution is -0.120. The highest BCUT2D eigenvalue weighted by molar-refractivity contribution is 7.85. The highest BCUT2D eigenvalue weighted by atomic mass is 35.5. The van der Waals surface area contributed by atoms with Gasteiger partial charge >= 0.3 is 0 Å². The predicted molar refractivity (Wildman–Crippen MR) is 98.8 cm³/mol. The number of carbonyl (C=O) groups is 1. The Hall–Kier alpha value is -1.60. The Morgan fingerprint density at radius 2 is 1.60 bits per heavy atom. The van der Waals surface area contributed by atoms with Gasteiger partial charge in [-0.05, 0) is 28.8 Å². The molecule has 2 rings (SSSR count). The molecule has 0 aromatic heterocycles. The smallest absolute Gasteiger partial charge is 0.266 e. The third kappa shape index (κ3) is 6.32. The van der Waals surface area contributed by atoms with Crippen molar-refractivity contribution in [3.63, 3.8) is 0 Å². The van der Waals surface area contributed by atoms with Gasteiger partial charge in [0.15, 0.2) is 0 Å². The van der Waals surface area contributed by atoms with Gasteiger partial charge in [-0.25, -0.2) is 0 Å². The maximum atomic E-state index is 12.0. The van der Waals surface area contributed by atoms with Gasteiger partial charge in [0.25, 0.3) is 10.1 Å². The Labute approximate surface area is 156 Å². The molecule has 0 radical (unpaired) electrons. The molecule has 0 fully saturated rings. The van der Waals surface area contributed by atoms with Crippen molar-refractivity contribution < 1.29 is 17.8 Å². The summed E-state index contributed by atoms with van der Waals surface area (Å²) in [5.74, 6) is -0.850. The van der Waals surface area contributed by atoms with Crippen LogP contribution < -0.4 is 5.32 Å². The molecular formula is C17H17Cl2NO4S. The number of benzene rings is 2. The van der Waals surface area contributed by atoms with Gasteiger partial charge < -0.3 is 5.32 Å². The van der Waals surface area contributed by atoms with Gasteiger partial charge in [0.2, 0.25) is 5.91 Å². The van der Waals surface area contributed by atoms with E-state index in [0.717, 1.165) is 16.7 Å². The average molecular weight is 402 g/mol. The Morgan fingerprint density at radius 1 is 1.00 bits per heavy atom. The second-order valence-electron chi connectivity index (χ2n) is 5.46. The van der Waals surface area contributed by atoms with E-state index in [0.29, 0.717) is 16.5 Å². The van der Waals surface area contributed by atoms with E-state index in [9.17, 15) is 13.2 Å².